The predicted molar refractivity (Wildman–Crippen MR) is 82.3 cm³/mol. The summed E-state index contributed by atoms with van der Waals surface area (Å²) in [5, 5.41) is 2.89. The van der Waals surface area contributed by atoms with Crippen LogP contribution in [0.1, 0.15) is 48.0 Å². The summed E-state index contributed by atoms with van der Waals surface area (Å²) in [6.07, 6.45) is -3.68. The molecule has 0 aliphatic heterocycles. The van der Waals surface area contributed by atoms with E-state index in [1.54, 1.807) is 0 Å². The molecule has 1 fully saturated rings. The maximum absolute atomic E-state index is 12.6. The Hall–Kier alpha value is -2.24. The molecule has 6 heteroatoms. The molecule has 3 nitrogen and oxygen atoms in total. The zero-order valence-electron chi connectivity index (χ0n) is 13.4. The van der Waals surface area contributed by atoms with Gasteiger partial charge in [-0.25, -0.2) is 0 Å². The number of aryl methyl sites for hydroxylation is 1. The summed E-state index contributed by atoms with van der Waals surface area (Å²) in [5.41, 5.74) is 0.0966. The van der Waals surface area contributed by atoms with Crippen molar-refractivity contribution in [1.82, 2.24) is 5.32 Å². The molecule has 3 unspecified atom stereocenters. The van der Waals surface area contributed by atoms with E-state index in [1.807, 2.05) is 26.0 Å². The van der Waals surface area contributed by atoms with E-state index in [9.17, 15) is 18.0 Å². The first kappa shape index (κ1) is 16.6. The maximum atomic E-state index is 12.6. The molecule has 1 aromatic carbocycles. The van der Waals surface area contributed by atoms with Gasteiger partial charge in [0.2, 0.25) is 5.91 Å². The van der Waals surface area contributed by atoms with Crippen molar-refractivity contribution < 1.29 is 22.4 Å². The Bertz CT molecular complexity index is 733. The second-order valence-electron chi connectivity index (χ2n) is 6.25. The van der Waals surface area contributed by atoms with Crippen molar-refractivity contribution >= 4 is 5.91 Å². The molecule has 0 spiro atoms. The largest absolute Gasteiger partial charge is 0.464 e. The Labute approximate surface area is 137 Å². The van der Waals surface area contributed by atoms with Crippen molar-refractivity contribution in [1.29, 1.82) is 0 Å². The molecular weight excluding hydrogens is 319 g/mol. The molecule has 1 N–H and O–H groups in total. The van der Waals surface area contributed by atoms with Gasteiger partial charge in [0.25, 0.3) is 0 Å². The number of amides is 1. The zero-order chi connectivity index (χ0) is 17.5. The van der Waals surface area contributed by atoms with Crippen molar-refractivity contribution in [3.8, 4) is 0 Å². The third kappa shape index (κ3) is 3.47. The number of carbonyl (C=O) groups excluding carboxylic acids is 1. The molecule has 0 bridgehead atoms. The summed E-state index contributed by atoms with van der Waals surface area (Å²) in [7, 11) is 0. The lowest BCUT2D eigenvalue weighted by Gasteiger charge is -2.11. The molecular formula is C18H18F3NO2. The normalized spacial score (nSPS) is 21.4. The average Bonchev–Trinajstić information content (AvgIpc) is 3.21. The van der Waals surface area contributed by atoms with Crippen molar-refractivity contribution in [2.75, 3.05) is 0 Å². The summed E-state index contributed by atoms with van der Waals surface area (Å²) in [6, 6.07) is 8.47. The van der Waals surface area contributed by atoms with Gasteiger partial charge in [-0.05, 0) is 56.0 Å². The second-order valence-corrected chi connectivity index (χ2v) is 6.25. The van der Waals surface area contributed by atoms with Crippen LogP contribution in [0.2, 0.25) is 0 Å². The number of nitrogens with one attached hydrogen (secondary N) is 1. The van der Waals surface area contributed by atoms with Crippen LogP contribution in [-0.2, 0) is 11.0 Å². The average molecular weight is 337 g/mol. The molecule has 24 heavy (non-hydrogen) atoms. The molecule has 1 aliphatic carbocycles. The molecule has 1 aromatic heterocycles. The van der Waals surface area contributed by atoms with E-state index in [2.05, 4.69) is 5.32 Å². The highest BCUT2D eigenvalue weighted by molar-refractivity contribution is 5.83. The Kier molecular flexibility index (Phi) is 4.15. The Morgan fingerprint density at radius 3 is 2.42 bits per heavy atom. The van der Waals surface area contributed by atoms with E-state index >= 15 is 0 Å². The van der Waals surface area contributed by atoms with Crippen LogP contribution in [0.4, 0.5) is 13.2 Å². The third-order valence-electron chi connectivity index (χ3n) is 4.34. The van der Waals surface area contributed by atoms with Gasteiger partial charge in [-0.2, -0.15) is 13.2 Å². The molecule has 1 aliphatic rings. The lowest BCUT2D eigenvalue weighted by atomic mass is 10.1. The van der Waals surface area contributed by atoms with E-state index in [0.717, 1.165) is 23.5 Å². The highest BCUT2D eigenvalue weighted by atomic mass is 19.4. The van der Waals surface area contributed by atoms with E-state index in [-0.39, 0.29) is 23.8 Å². The monoisotopic (exact) mass is 337 g/mol. The van der Waals surface area contributed by atoms with Gasteiger partial charge in [-0.3, -0.25) is 4.79 Å². The number of benzene rings is 1. The number of hydrogen-bond donors (Lipinski definition) is 1. The number of furan rings is 1. The third-order valence-corrected chi connectivity index (χ3v) is 4.34. The first-order valence-electron chi connectivity index (χ1n) is 7.79. The lowest BCUT2D eigenvalue weighted by Crippen LogP contribution is -2.28. The fourth-order valence-electron chi connectivity index (χ4n) is 2.85. The first-order chi connectivity index (χ1) is 11.3. The van der Waals surface area contributed by atoms with Gasteiger partial charge < -0.3 is 9.73 Å². The standard InChI is InChI=1S/C18H18F3NO2/c1-10-3-8-16(24-10)11(2)22-17(23)15-9-14(15)12-4-6-13(7-5-12)18(19,20)21/h3-8,11,14-15H,9H2,1-2H3,(H,22,23). The minimum Gasteiger partial charge on any atom is -0.464 e. The summed E-state index contributed by atoms with van der Waals surface area (Å²) in [5.74, 6) is 1.16. The second kappa shape index (κ2) is 6.00. The Morgan fingerprint density at radius 1 is 1.21 bits per heavy atom. The van der Waals surface area contributed by atoms with Crippen molar-refractivity contribution in [2.24, 2.45) is 5.92 Å². The predicted octanol–water partition coefficient (Wildman–Crippen LogP) is 4.59. The Balaban J connectivity index is 1.59. The lowest BCUT2D eigenvalue weighted by molar-refractivity contribution is -0.137. The molecule has 3 atom stereocenters. The molecule has 128 valence electrons. The number of hydrogen-bond acceptors (Lipinski definition) is 2. The van der Waals surface area contributed by atoms with Crippen LogP contribution in [-0.4, -0.2) is 5.91 Å². The Morgan fingerprint density at radius 2 is 1.88 bits per heavy atom. The van der Waals surface area contributed by atoms with Crippen molar-refractivity contribution in [3.05, 3.63) is 59.0 Å². The van der Waals surface area contributed by atoms with E-state index in [1.165, 1.54) is 12.1 Å². The van der Waals surface area contributed by atoms with Gasteiger partial charge in [0.1, 0.15) is 11.5 Å². The van der Waals surface area contributed by atoms with E-state index in [0.29, 0.717) is 12.2 Å². The van der Waals surface area contributed by atoms with Crippen LogP contribution < -0.4 is 5.32 Å². The minimum atomic E-state index is -4.34. The zero-order valence-corrected chi connectivity index (χ0v) is 13.4. The molecule has 0 saturated heterocycles. The van der Waals surface area contributed by atoms with Crippen LogP contribution in [0.25, 0.3) is 0 Å². The van der Waals surface area contributed by atoms with Gasteiger partial charge >= 0.3 is 6.18 Å². The number of carbonyl (C=O) groups is 1. The minimum absolute atomic E-state index is 0.0159. The number of rotatable bonds is 4. The fraction of sp³-hybridized carbons (Fsp3) is 0.389. The van der Waals surface area contributed by atoms with Gasteiger partial charge in [0, 0.05) is 5.92 Å². The van der Waals surface area contributed by atoms with Crippen LogP contribution in [0, 0.1) is 12.8 Å². The summed E-state index contributed by atoms with van der Waals surface area (Å²) in [4.78, 5) is 12.3. The summed E-state index contributed by atoms with van der Waals surface area (Å²) < 4.78 is 43.2. The fourth-order valence-corrected chi connectivity index (χ4v) is 2.85. The highest BCUT2D eigenvalue weighted by Crippen LogP contribution is 2.48. The molecule has 0 radical (unpaired) electrons. The molecule has 1 amide bonds. The maximum Gasteiger partial charge on any atom is 0.416 e. The van der Waals surface area contributed by atoms with E-state index < -0.39 is 11.7 Å². The smallest absolute Gasteiger partial charge is 0.416 e. The van der Waals surface area contributed by atoms with Crippen LogP contribution in [0.3, 0.4) is 0 Å². The molecule has 3 rings (SSSR count). The topological polar surface area (TPSA) is 42.2 Å². The van der Waals surface area contributed by atoms with Crippen LogP contribution >= 0.6 is 0 Å². The molecule has 1 heterocycles. The highest BCUT2D eigenvalue weighted by Gasteiger charge is 2.44. The molecule has 2 aromatic rings. The van der Waals surface area contributed by atoms with Gasteiger partial charge in [-0.15, -0.1) is 0 Å². The van der Waals surface area contributed by atoms with Gasteiger partial charge in [0.15, 0.2) is 0 Å². The van der Waals surface area contributed by atoms with Crippen LogP contribution in [0.15, 0.2) is 40.8 Å². The summed E-state index contributed by atoms with van der Waals surface area (Å²) in [6.45, 7) is 3.67. The van der Waals surface area contributed by atoms with Gasteiger partial charge in [-0.1, -0.05) is 12.1 Å². The summed E-state index contributed by atoms with van der Waals surface area (Å²) >= 11 is 0. The first-order valence-corrected chi connectivity index (χ1v) is 7.79. The van der Waals surface area contributed by atoms with Gasteiger partial charge in [0.05, 0.1) is 11.6 Å². The van der Waals surface area contributed by atoms with Crippen molar-refractivity contribution in [2.45, 2.75) is 38.4 Å². The SMILES string of the molecule is Cc1ccc(C(C)NC(=O)C2CC2c2ccc(C(F)(F)F)cc2)o1. The van der Waals surface area contributed by atoms with Crippen LogP contribution in [0.5, 0.6) is 0 Å². The number of alkyl halides is 3. The van der Waals surface area contributed by atoms with Crippen molar-refractivity contribution in [3.63, 3.8) is 0 Å². The quantitative estimate of drug-likeness (QED) is 0.887. The number of halogens is 3. The van der Waals surface area contributed by atoms with E-state index in [4.69, 9.17) is 4.42 Å². The molecule has 1 saturated carbocycles.